The van der Waals surface area contributed by atoms with Gasteiger partial charge in [-0.2, -0.15) is 9.78 Å². The lowest BCUT2D eigenvalue weighted by atomic mass is 10.1. The van der Waals surface area contributed by atoms with Gasteiger partial charge in [0.15, 0.2) is 0 Å². The zero-order valence-corrected chi connectivity index (χ0v) is 18.0. The average molecular weight is 438 g/mol. The smallest absolute Gasteiger partial charge is 0.255 e. The molecule has 3 heterocycles. The van der Waals surface area contributed by atoms with Crippen LogP contribution in [0.2, 0.25) is 0 Å². The molecule has 4 rings (SSSR count). The van der Waals surface area contributed by atoms with Crippen LogP contribution in [-0.4, -0.2) is 38.1 Å². The molecule has 1 aliphatic heterocycles. The average Bonchev–Trinajstić information content (AvgIpc) is 3.31. The number of anilines is 2. The van der Waals surface area contributed by atoms with E-state index in [2.05, 4.69) is 20.4 Å². The van der Waals surface area contributed by atoms with Crippen LogP contribution < -0.4 is 15.8 Å². The van der Waals surface area contributed by atoms with E-state index < -0.39 is 11.7 Å². The lowest BCUT2D eigenvalue weighted by Crippen LogP contribution is -2.29. The fraction of sp³-hybridized carbons (Fsp3) is 0.318. The molecule has 2 amide bonds. The van der Waals surface area contributed by atoms with Gasteiger partial charge in [0.2, 0.25) is 17.8 Å². The van der Waals surface area contributed by atoms with Crippen LogP contribution in [0.1, 0.15) is 30.3 Å². The van der Waals surface area contributed by atoms with E-state index in [1.807, 2.05) is 6.92 Å². The SMILES string of the molecule is CCc1c(C)nc(-n2nc(C)cc2NC(=O)[C@@H]2CC(=O)N(c3ccc(F)cc3)C2)[nH]c1=O. The summed E-state index contributed by atoms with van der Waals surface area (Å²) in [6.45, 7) is 5.57. The van der Waals surface area contributed by atoms with Gasteiger partial charge < -0.3 is 10.2 Å². The summed E-state index contributed by atoms with van der Waals surface area (Å²) in [6, 6.07) is 7.23. The molecule has 0 bridgehead atoms. The van der Waals surface area contributed by atoms with Gasteiger partial charge in [-0.25, -0.2) is 9.37 Å². The van der Waals surface area contributed by atoms with Crippen molar-refractivity contribution >= 4 is 23.3 Å². The van der Waals surface area contributed by atoms with E-state index in [0.717, 1.165) is 0 Å². The first kappa shape index (κ1) is 21.4. The molecule has 1 aliphatic rings. The first-order valence-electron chi connectivity index (χ1n) is 10.3. The van der Waals surface area contributed by atoms with Gasteiger partial charge in [-0.1, -0.05) is 6.92 Å². The maximum absolute atomic E-state index is 13.2. The second kappa shape index (κ2) is 8.37. The predicted molar refractivity (Wildman–Crippen MR) is 116 cm³/mol. The lowest BCUT2D eigenvalue weighted by molar-refractivity contribution is -0.122. The van der Waals surface area contributed by atoms with E-state index in [0.29, 0.717) is 34.9 Å². The van der Waals surface area contributed by atoms with E-state index in [4.69, 9.17) is 0 Å². The normalized spacial score (nSPS) is 15.9. The number of nitrogens with zero attached hydrogens (tertiary/aromatic N) is 4. The Morgan fingerprint density at radius 1 is 1.25 bits per heavy atom. The van der Waals surface area contributed by atoms with Crippen LogP contribution in [0.5, 0.6) is 0 Å². The summed E-state index contributed by atoms with van der Waals surface area (Å²) < 4.78 is 14.6. The number of hydrogen-bond acceptors (Lipinski definition) is 5. The van der Waals surface area contributed by atoms with Gasteiger partial charge in [-0.05, 0) is 44.5 Å². The highest BCUT2D eigenvalue weighted by molar-refractivity contribution is 6.03. The Morgan fingerprint density at radius 2 is 1.97 bits per heavy atom. The zero-order valence-electron chi connectivity index (χ0n) is 18.0. The van der Waals surface area contributed by atoms with E-state index in [-0.39, 0.29) is 36.3 Å². The van der Waals surface area contributed by atoms with Crippen molar-refractivity contribution in [3.05, 3.63) is 63.5 Å². The quantitative estimate of drug-likeness (QED) is 0.635. The zero-order chi connectivity index (χ0) is 23.0. The van der Waals surface area contributed by atoms with Gasteiger partial charge in [0.05, 0.1) is 11.6 Å². The molecule has 10 heteroatoms. The van der Waals surface area contributed by atoms with E-state index >= 15 is 0 Å². The maximum Gasteiger partial charge on any atom is 0.255 e. The van der Waals surface area contributed by atoms with E-state index in [1.54, 1.807) is 19.9 Å². The Kier molecular flexibility index (Phi) is 5.60. The van der Waals surface area contributed by atoms with Gasteiger partial charge in [0.25, 0.3) is 5.56 Å². The standard InChI is InChI=1S/C22H23FN6O3/c1-4-17-13(3)24-22(26-21(17)32)29-18(9-12(2)27-29)25-20(31)14-10-19(30)28(11-14)16-7-5-15(23)6-8-16/h5-9,14H,4,10-11H2,1-3H3,(H,25,31)(H,24,26,32)/t14-/m1/s1. The molecule has 2 aromatic heterocycles. The number of carbonyl (C=O) groups is 2. The number of nitrogens with one attached hydrogen (secondary N) is 2. The molecule has 32 heavy (non-hydrogen) atoms. The van der Waals surface area contributed by atoms with Crippen LogP contribution in [0.3, 0.4) is 0 Å². The van der Waals surface area contributed by atoms with Gasteiger partial charge in [0, 0.05) is 36.0 Å². The molecular formula is C22H23FN6O3. The number of aryl methyl sites for hydroxylation is 2. The van der Waals surface area contributed by atoms with Crippen molar-refractivity contribution in [2.45, 2.75) is 33.6 Å². The van der Waals surface area contributed by atoms with Crippen LogP contribution in [0.15, 0.2) is 35.1 Å². The number of rotatable bonds is 5. The molecule has 3 aromatic rings. The number of H-pyrrole nitrogens is 1. The molecule has 2 N–H and O–H groups in total. The Balaban J connectivity index is 1.56. The minimum Gasteiger partial charge on any atom is -0.312 e. The molecule has 166 valence electrons. The second-order valence-electron chi connectivity index (χ2n) is 7.76. The Hall–Kier alpha value is -3.82. The molecule has 1 atom stereocenters. The highest BCUT2D eigenvalue weighted by Crippen LogP contribution is 2.26. The molecule has 1 fully saturated rings. The molecule has 1 aromatic carbocycles. The molecule has 0 spiro atoms. The molecular weight excluding hydrogens is 415 g/mol. The summed E-state index contributed by atoms with van der Waals surface area (Å²) in [4.78, 5) is 46.3. The molecule has 0 aliphatic carbocycles. The summed E-state index contributed by atoms with van der Waals surface area (Å²) in [7, 11) is 0. The predicted octanol–water partition coefficient (Wildman–Crippen LogP) is 2.27. The number of benzene rings is 1. The summed E-state index contributed by atoms with van der Waals surface area (Å²) in [5, 5.41) is 7.14. The fourth-order valence-electron chi connectivity index (χ4n) is 3.84. The van der Waals surface area contributed by atoms with Gasteiger partial charge >= 0.3 is 0 Å². The highest BCUT2D eigenvalue weighted by Gasteiger charge is 2.35. The summed E-state index contributed by atoms with van der Waals surface area (Å²) in [5.41, 5.74) is 2.09. The monoisotopic (exact) mass is 438 g/mol. The number of aromatic amines is 1. The van der Waals surface area contributed by atoms with Crippen molar-refractivity contribution in [1.29, 1.82) is 0 Å². The van der Waals surface area contributed by atoms with Crippen LogP contribution in [0.25, 0.3) is 5.95 Å². The van der Waals surface area contributed by atoms with E-state index in [1.165, 1.54) is 33.8 Å². The van der Waals surface area contributed by atoms with Gasteiger partial charge in [-0.3, -0.25) is 19.4 Å². The van der Waals surface area contributed by atoms with Crippen LogP contribution in [0, 0.1) is 25.6 Å². The molecule has 0 radical (unpaired) electrons. The molecule has 0 saturated carbocycles. The fourth-order valence-corrected chi connectivity index (χ4v) is 3.84. The third-order valence-electron chi connectivity index (χ3n) is 5.48. The lowest BCUT2D eigenvalue weighted by Gasteiger charge is -2.16. The third kappa shape index (κ3) is 4.03. The highest BCUT2D eigenvalue weighted by atomic mass is 19.1. The summed E-state index contributed by atoms with van der Waals surface area (Å²) in [6.07, 6.45) is 0.589. The number of amides is 2. The number of aromatic nitrogens is 4. The topological polar surface area (TPSA) is 113 Å². The Bertz CT molecular complexity index is 1250. The molecule has 1 saturated heterocycles. The largest absolute Gasteiger partial charge is 0.312 e. The Morgan fingerprint density at radius 3 is 2.62 bits per heavy atom. The van der Waals surface area contributed by atoms with Crippen molar-refractivity contribution < 1.29 is 14.0 Å². The first-order valence-corrected chi connectivity index (χ1v) is 10.3. The van der Waals surface area contributed by atoms with Gasteiger partial charge in [-0.15, -0.1) is 0 Å². The summed E-state index contributed by atoms with van der Waals surface area (Å²) >= 11 is 0. The van der Waals surface area contributed by atoms with Gasteiger partial charge in [0.1, 0.15) is 11.6 Å². The summed E-state index contributed by atoms with van der Waals surface area (Å²) in [5.74, 6) is -1.01. The van der Waals surface area contributed by atoms with Crippen molar-refractivity contribution in [2.75, 3.05) is 16.8 Å². The van der Waals surface area contributed by atoms with Crippen molar-refractivity contribution in [3.8, 4) is 5.95 Å². The van der Waals surface area contributed by atoms with Crippen molar-refractivity contribution in [3.63, 3.8) is 0 Å². The third-order valence-corrected chi connectivity index (χ3v) is 5.48. The van der Waals surface area contributed by atoms with Crippen molar-refractivity contribution in [1.82, 2.24) is 19.7 Å². The van der Waals surface area contributed by atoms with E-state index in [9.17, 15) is 18.8 Å². The van der Waals surface area contributed by atoms with Crippen LogP contribution in [-0.2, 0) is 16.0 Å². The number of hydrogen-bond donors (Lipinski definition) is 2. The van der Waals surface area contributed by atoms with Crippen LogP contribution in [0.4, 0.5) is 15.9 Å². The minimum atomic E-state index is -0.590. The van der Waals surface area contributed by atoms with Crippen molar-refractivity contribution in [2.24, 2.45) is 5.92 Å². The maximum atomic E-state index is 13.2. The first-order chi connectivity index (χ1) is 15.3. The molecule has 0 unspecified atom stereocenters. The number of halogens is 1. The number of carbonyl (C=O) groups excluding carboxylic acids is 2. The minimum absolute atomic E-state index is 0.0374. The van der Waals surface area contributed by atoms with Crippen LogP contribution >= 0.6 is 0 Å². The molecule has 9 nitrogen and oxygen atoms in total. The second-order valence-corrected chi connectivity index (χ2v) is 7.76. The Labute approximate surface area is 183 Å².